The Labute approximate surface area is 103 Å². The van der Waals surface area contributed by atoms with Crippen molar-refractivity contribution in [1.29, 1.82) is 0 Å². The first-order valence-corrected chi connectivity index (χ1v) is 6.58. The Morgan fingerprint density at radius 2 is 2.24 bits per heavy atom. The number of carbonyl (C=O) groups excluding carboxylic acids is 1. The third-order valence-corrected chi connectivity index (χ3v) is 4.92. The van der Waals surface area contributed by atoms with E-state index < -0.39 is 0 Å². The molecule has 0 aromatic heterocycles. The number of esters is 1. The number of allylic oxidation sites excluding steroid dienone is 3. The van der Waals surface area contributed by atoms with Crippen LogP contribution in [-0.4, -0.2) is 12.1 Å². The van der Waals surface area contributed by atoms with Crippen LogP contribution in [0.3, 0.4) is 0 Å². The number of carbonyl (C=O) groups is 1. The zero-order valence-electron chi connectivity index (χ0n) is 10.8. The van der Waals surface area contributed by atoms with Gasteiger partial charge in [-0.15, -0.1) is 0 Å². The van der Waals surface area contributed by atoms with E-state index in [2.05, 4.69) is 26.0 Å². The highest BCUT2D eigenvalue weighted by Crippen LogP contribution is 2.51. The predicted octanol–water partition coefficient (Wildman–Crippen LogP) is 3.24. The number of rotatable bonds is 0. The Hall–Kier alpha value is -1.05. The van der Waals surface area contributed by atoms with Crippen LogP contribution in [0.1, 0.15) is 40.0 Å². The summed E-state index contributed by atoms with van der Waals surface area (Å²) in [6.45, 7) is 6.56. The Kier molecular flexibility index (Phi) is 2.26. The van der Waals surface area contributed by atoms with E-state index in [-0.39, 0.29) is 23.4 Å². The van der Waals surface area contributed by atoms with Crippen LogP contribution in [0.15, 0.2) is 23.3 Å². The zero-order chi connectivity index (χ0) is 12.2. The first kappa shape index (κ1) is 11.1. The van der Waals surface area contributed by atoms with Crippen molar-refractivity contribution in [3.8, 4) is 0 Å². The highest BCUT2D eigenvalue weighted by molar-refractivity contribution is 5.75. The maximum Gasteiger partial charge on any atom is 0.309 e. The van der Waals surface area contributed by atoms with Gasteiger partial charge in [-0.3, -0.25) is 4.79 Å². The SMILES string of the molecule is CC1=C2C=CCC2(C)CC2C(C1)OC(=O)C2C. The lowest BCUT2D eigenvalue weighted by Crippen LogP contribution is -2.25. The molecule has 2 nitrogen and oxygen atoms in total. The molecule has 1 aliphatic heterocycles. The largest absolute Gasteiger partial charge is 0.461 e. The molecule has 1 fully saturated rings. The van der Waals surface area contributed by atoms with Crippen LogP contribution >= 0.6 is 0 Å². The van der Waals surface area contributed by atoms with Gasteiger partial charge in [-0.25, -0.2) is 0 Å². The second-order valence-electron chi connectivity index (χ2n) is 6.20. The third-order valence-electron chi connectivity index (χ3n) is 4.92. The highest BCUT2D eigenvalue weighted by Gasteiger charge is 2.48. The molecule has 0 aromatic rings. The molecular weight excluding hydrogens is 212 g/mol. The van der Waals surface area contributed by atoms with E-state index in [4.69, 9.17) is 4.74 Å². The summed E-state index contributed by atoms with van der Waals surface area (Å²) in [5.41, 5.74) is 3.15. The van der Waals surface area contributed by atoms with Crippen LogP contribution < -0.4 is 0 Å². The molecule has 3 rings (SSSR count). The zero-order valence-corrected chi connectivity index (χ0v) is 10.8. The molecule has 1 heterocycles. The minimum absolute atomic E-state index is 0.00538. The lowest BCUT2D eigenvalue weighted by Gasteiger charge is -2.29. The fourth-order valence-corrected chi connectivity index (χ4v) is 3.87. The summed E-state index contributed by atoms with van der Waals surface area (Å²) < 4.78 is 5.54. The molecule has 1 saturated heterocycles. The molecule has 0 bridgehead atoms. The summed E-state index contributed by atoms with van der Waals surface area (Å²) in [4.78, 5) is 11.7. The van der Waals surface area contributed by atoms with E-state index >= 15 is 0 Å². The fourth-order valence-electron chi connectivity index (χ4n) is 3.87. The Balaban J connectivity index is 1.99. The van der Waals surface area contributed by atoms with Gasteiger partial charge in [0.1, 0.15) is 6.10 Å². The maximum absolute atomic E-state index is 11.7. The molecular formula is C15H20O2. The van der Waals surface area contributed by atoms with Crippen LogP contribution in [0.2, 0.25) is 0 Å². The summed E-state index contributed by atoms with van der Waals surface area (Å²) >= 11 is 0. The molecule has 92 valence electrons. The minimum atomic E-state index is 0.00538. The first-order valence-electron chi connectivity index (χ1n) is 6.58. The van der Waals surface area contributed by atoms with Crippen molar-refractivity contribution in [2.24, 2.45) is 17.3 Å². The number of fused-ring (bicyclic) bond motifs is 2. The van der Waals surface area contributed by atoms with E-state index in [1.165, 1.54) is 11.1 Å². The van der Waals surface area contributed by atoms with Gasteiger partial charge in [0, 0.05) is 12.3 Å². The van der Waals surface area contributed by atoms with Gasteiger partial charge in [0.2, 0.25) is 0 Å². The van der Waals surface area contributed by atoms with Crippen molar-refractivity contribution in [3.63, 3.8) is 0 Å². The molecule has 0 radical (unpaired) electrons. The topological polar surface area (TPSA) is 26.3 Å². The van der Waals surface area contributed by atoms with Gasteiger partial charge >= 0.3 is 5.97 Å². The number of hydrogen-bond acceptors (Lipinski definition) is 2. The van der Waals surface area contributed by atoms with Crippen molar-refractivity contribution in [1.82, 2.24) is 0 Å². The average Bonchev–Trinajstić information content (AvgIpc) is 2.73. The first-order chi connectivity index (χ1) is 8.01. The fraction of sp³-hybridized carbons (Fsp3) is 0.667. The normalized spacial score (nSPS) is 44.4. The van der Waals surface area contributed by atoms with Crippen LogP contribution in [0, 0.1) is 17.3 Å². The molecule has 3 aliphatic rings. The molecule has 0 aromatic carbocycles. The molecule has 17 heavy (non-hydrogen) atoms. The summed E-state index contributed by atoms with van der Waals surface area (Å²) in [6, 6.07) is 0. The molecule has 4 atom stereocenters. The van der Waals surface area contributed by atoms with Gasteiger partial charge in [-0.2, -0.15) is 0 Å². The van der Waals surface area contributed by atoms with Gasteiger partial charge in [0.25, 0.3) is 0 Å². The van der Waals surface area contributed by atoms with Crippen molar-refractivity contribution in [2.45, 2.75) is 46.1 Å². The number of ether oxygens (including phenoxy) is 1. The molecule has 0 saturated carbocycles. The Bertz CT molecular complexity index is 432. The third kappa shape index (κ3) is 1.50. The molecule has 4 unspecified atom stereocenters. The predicted molar refractivity (Wildman–Crippen MR) is 66.3 cm³/mol. The van der Waals surface area contributed by atoms with Crippen molar-refractivity contribution < 1.29 is 9.53 Å². The van der Waals surface area contributed by atoms with Crippen LogP contribution in [0.5, 0.6) is 0 Å². The molecule has 2 heteroatoms. The summed E-state index contributed by atoms with van der Waals surface area (Å²) in [5.74, 6) is 0.482. The van der Waals surface area contributed by atoms with E-state index in [1.54, 1.807) is 0 Å². The summed E-state index contributed by atoms with van der Waals surface area (Å²) in [7, 11) is 0. The van der Waals surface area contributed by atoms with Crippen LogP contribution in [0.25, 0.3) is 0 Å². The van der Waals surface area contributed by atoms with Gasteiger partial charge in [-0.1, -0.05) is 31.6 Å². The maximum atomic E-state index is 11.7. The lowest BCUT2D eigenvalue weighted by molar-refractivity contribution is -0.143. The van der Waals surface area contributed by atoms with Gasteiger partial charge in [0.05, 0.1) is 5.92 Å². The van der Waals surface area contributed by atoms with Gasteiger partial charge in [-0.05, 0) is 30.8 Å². The average molecular weight is 232 g/mol. The van der Waals surface area contributed by atoms with E-state index in [1.807, 2.05) is 6.92 Å². The van der Waals surface area contributed by atoms with Gasteiger partial charge < -0.3 is 4.74 Å². The highest BCUT2D eigenvalue weighted by atomic mass is 16.6. The number of hydrogen-bond donors (Lipinski definition) is 0. The quantitative estimate of drug-likeness (QED) is 0.599. The summed E-state index contributed by atoms with van der Waals surface area (Å²) in [5, 5.41) is 0. The van der Waals surface area contributed by atoms with E-state index in [0.717, 1.165) is 19.3 Å². The van der Waals surface area contributed by atoms with Crippen molar-refractivity contribution in [2.75, 3.05) is 0 Å². The minimum Gasteiger partial charge on any atom is -0.461 e. The standard InChI is InChI=1S/C15H20O2/c1-9-7-13-11(10(2)14(16)17-13)8-15(3)6-4-5-12(9)15/h4-5,10-11,13H,6-8H2,1-3H3. The van der Waals surface area contributed by atoms with E-state index in [0.29, 0.717) is 5.92 Å². The Morgan fingerprint density at radius 3 is 3.00 bits per heavy atom. The molecule has 0 amide bonds. The summed E-state index contributed by atoms with van der Waals surface area (Å²) in [6.07, 6.45) is 7.81. The van der Waals surface area contributed by atoms with Crippen molar-refractivity contribution in [3.05, 3.63) is 23.3 Å². The van der Waals surface area contributed by atoms with Crippen molar-refractivity contribution >= 4 is 5.97 Å². The molecule has 0 spiro atoms. The monoisotopic (exact) mass is 232 g/mol. The van der Waals surface area contributed by atoms with E-state index in [9.17, 15) is 4.79 Å². The second kappa shape index (κ2) is 3.47. The van der Waals surface area contributed by atoms with Gasteiger partial charge in [0.15, 0.2) is 0 Å². The van der Waals surface area contributed by atoms with Crippen LogP contribution in [-0.2, 0) is 9.53 Å². The lowest BCUT2D eigenvalue weighted by atomic mass is 9.73. The van der Waals surface area contributed by atoms with Crippen LogP contribution in [0.4, 0.5) is 0 Å². The Morgan fingerprint density at radius 1 is 1.47 bits per heavy atom. The molecule has 2 aliphatic carbocycles. The molecule has 0 N–H and O–H groups in total. The smallest absolute Gasteiger partial charge is 0.309 e. The second-order valence-corrected chi connectivity index (χ2v) is 6.20.